The lowest BCUT2D eigenvalue weighted by Gasteiger charge is -2.35. The Bertz CT molecular complexity index is 756. The molecule has 142 valence electrons. The van der Waals surface area contributed by atoms with Crippen molar-refractivity contribution in [1.82, 2.24) is 29.9 Å². The first-order valence-corrected chi connectivity index (χ1v) is 8.19. The lowest BCUT2D eigenvalue weighted by atomic mass is 9.79. The van der Waals surface area contributed by atoms with E-state index in [2.05, 4.69) is 20.6 Å². The number of aromatic nitrogens is 5. The Kier molecular flexibility index (Phi) is 5.57. The van der Waals surface area contributed by atoms with Gasteiger partial charge in [-0.05, 0) is 18.9 Å². The molecule has 26 heavy (non-hydrogen) atoms. The molecule has 9 nitrogen and oxygen atoms in total. The summed E-state index contributed by atoms with van der Waals surface area (Å²) in [5.74, 6) is 0.842. The summed E-state index contributed by atoms with van der Waals surface area (Å²) in [6, 6.07) is 1.17. The summed E-state index contributed by atoms with van der Waals surface area (Å²) in [7, 11) is 1.59. The highest BCUT2D eigenvalue weighted by molar-refractivity contribution is 5.92. The summed E-state index contributed by atoms with van der Waals surface area (Å²) in [6.07, 6.45) is 2.37. The van der Waals surface area contributed by atoms with Crippen LogP contribution in [0.5, 0.6) is 0 Å². The second kappa shape index (κ2) is 7.87. The number of amides is 1. The van der Waals surface area contributed by atoms with Gasteiger partial charge in [-0.2, -0.15) is 13.9 Å². The molecular formula is C15H20F2N6O3. The van der Waals surface area contributed by atoms with Gasteiger partial charge in [0.1, 0.15) is 18.1 Å². The molecule has 0 aliphatic heterocycles. The lowest BCUT2D eigenvalue weighted by Crippen LogP contribution is -2.44. The fraction of sp³-hybridized carbons (Fsp3) is 0.600. The first-order valence-electron chi connectivity index (χ1n) is 8.19. The predicted molar refractivity (Wildman–Crippen MR) is 84.5 cm³/mol. The number of rotatable bonds is 8. The van der Waals surface area contributed by atoms with Crippen molar-refractivity contribution in [2.45, 2.75) is 44.5 Å². The van der Waals surface area contributed by atoms with Gasteiger partial charge in [0, 0.05) is 31.8 Å². The van der Waals surface area contributed by atoms with Crippen molar-refractivity contribution in [3.8, 4) is 0 Å². The van der Waals surface area contributed by atoms with E-state index >= 15 is 0 Å². The van der Waals surface area contributed by atoms with Gasteiger partial charge in [0.05, 0.1) is 6.61 Å². The summed E-state index contributed by atoms with van der Waals surface area (Å²) in [5, 5.41) is 23.8. The van der Waals surface area contributed by atoms with Crippen LogP contribution in [-0.2, 0) is 17.9 Å². The van der Waals surface area contributed by atoms with Crippen molar-refractivity contribution in [2.24, 2.45) is 0 Å². The third-order valence-corrected chi connectivity index (χ3v) is 4.40. The summed E-state index contributed by atoms with van der Waals surface area (Å²) < 4.78 is 32.3. The molecule has 0 radical (unpaired) electrons. The van der Waals surface area contributed by atoms with Gasteiger partial charge in [-0.1, -0.05) is 0 Å². The Labute approximate surface area is 148 Å². The highest BCUT2D eigenvalue weighted by atomic mass is 19.3. The molecule has 11 heteroatoms. The molecular weight excluding hydrogens is 350 g/mol. The van der Waals surface area contributed by atoms with Gasteiger partial charge in [0.2, 0.25) is 0 Å². The number of aliphatic hydroxyl groups is 1. The molecule has 3 rings (SSSR count). The van der Waals surface area contributed by atoms with Gasteiger partial charge >= 0.3 is 6.55 Å². The summed E-state index contributed by atoms with van der Waals surface area (Å²) in [5.41, 5.74) is -0.0421. The van der Waals surface area contributed by atoms with Gasteiger partial charge in [-0.15, -0.1) is 10.2 Å². The Morgan fingerprint density at radius 1 is 1.46 bits per heavy atom. The van der Waals surface area contributed by atoms with Gasteiger partial charge in [-0.3, -0.25) is 4.79 Å². The van der Waals surface area contributed by atoms with E-state index in [1.165, 1.54) is 6.07 Å². The van der Waals surface area contributed by atoms with Crippen molar-refractivity contribution in [3.63, 3.8) is 0 Å². The van der Waals surface area contributed by atoms with Crippen LogP contribution in [0.4, 0.5) is 8.78 Å². The number of hydrogen-bond donors (Lipinski definition) is 2. The Morgan fingerprint density at radius 2 is 2.23 bits per heavy atom. The van der Waals surface area contributed by atoms with Gasteiger partial charge < -0.3 is 19.7 Å². The zero-order chi connectivity index (χ0) is 18.7. The van der Waals surface area contributed by atoms with Crippen molar-refractivity contribution in [2.75, 3.05) is 13.7 Å². The number of nitrogens with one attached hydrogen (secondary N) is 1. The van der Waals surface area contributed by atoms with Gasteiger partial charge in [-0.25, -0.2) is 4.68 Å². The fourth-order valence-electron chi connectivity index (χ4n) is 2.97. The van der Waals surface area contributed by atoms with Crippen LogP contribution in [0.3, 0.4) is 0 Å². The lowest BCUT2D eigenvalue weighted by molar-refractivity contribution is 0.0559. The fourth-order valence-corrected chi connectivity index (χ4v) is 2.97. The van der Waals surface area contributed by atoms with Crippen LogP contribution in [0.15, 0.2) is 12.3 Å². The van der Waals surface area contributed by atoms with Gasteiger partial charge in [0.25, 0.3) is 5.91 Å². The number of methoxy groups -OCH3 is 1. The van der Waals surface area contributed by atoms with Gasteiger partial charge in [0.15, 0.2) is 5.82 Å². The third-order valence-electron chi connectivity index (χ3n) is 4.40. The first-order chi connectivity index (χ1) is 12.5. The normalized spacial score (nSPS) is 19.6. The Hall–Kier alpha value is -2.40. The van der Waals surface area contributed by atoms with E-state index in [4.69, 9.17) is 4.74 Å². The topological polar surface area (TPSA) is 107 Å². The second-order valence-corrected chi connectivity index (χ2v) is 6.07. The number of carbonyl (C=O) groups is 1. The van der Waals surface area contributed by atoms with Crippen LogP contribution in [-0.4, -0.2) is 55.3 Å². The van der Waals surface area contributed by atoms with E-state index in [1.54, 1.807) is 7.11 Å². The minimum atomic E-state index is -2.77. The molecule has 1 amide bonds. The molecule has 1 aliphatic rings. The number of carbonyl (C=O) groups excluding carboxylic acids is 1. The van der Waals surface area contributed by atoms with E-state index in [9.17, 15) is 18.7 Å². The van der Waals surface area contributed by atoms with E-state index < -0.39 is 12.5 Å². The zero-order valence-corrected chi connectivity index (χ0v) is 14.2. The standard InChI is InChI=1S/C15H20F2N6O3/c1-26-5-4-22-12(8-24)19-20-13(22)9-6-10(7-9)18-14(25)11-2-3-23(21-11)15(16)17/h2-3,9-10,15,24H,4-8H2,1H3,(H,18,25). The van der Waals surface area contributed by atoms with Crippen LogP contribution in [0.2, 0.25) is 0 Å². The Morgan fingerprint density at radius 3 is 2.85 bits per heavy atom. The second-order valence-electron chi connectivity index (χ2n) is 6.07. The SMILES string of the molecule is COCCn1c(CO)nnc1C1CC(NC(=O)c2ccn(C(F)F)n2)C1. The first kappa shape index (κ1) is 18.4. The van der Waals surface area contributed by atoms with Crippen molar-refractivity contribution in [1.29, 1.82) is 0 Å². The van der Waals surface area contributed by atoms with Crippen molar-refractivity contribution >= 4 is 5.91 Å². The number of aliphatic hydroxyl groups excluding tert-OH is 1. The minimum Gasteiger partial charge on any atom is -0.388 e. The predicted octanol–water partition coefficient (Wildman–Crippen LogP) is 0.684. The number of hydrogen-bond acceptors (Lipinski definition) is 6. The number of halogens is 2. The summed E-state index contributed by atoms with van der Waals surface area (Å²) >= 11 is 0. The zero-order valence-electron chi connectivity index (χ0n) is 14.2. The molecule has 0 atom stereocenters. The average molecular weight is 370 g/mol. The molecule has 0 aromatic carbocycles. The molecule has 1 aliphatic carbocycles. The van der Waals surface area contributed by atoms with E-state index in [1.807, 2.05) is 4.57 Å². The van der Waals surface area contributed by atoms with E-state index in [-0.39, 0.29) is 24.3 Å². The van der Waals surface area contributed by atoms with Crippen molar-refractivity contribution < 1.29 is 23.4 Å². The molecule has 2 aromatic heterocycles. The number of nitrogens with zero attached hydrogens (tertiary/aromatic N) is 5. The molecule has 1 fully saturated rings. The molecule has 1 saturated carbocycles. The molecule has 0 unspecified atom stereocenters. The summed E-state index contributed by atoms with van der Waals surface area (Å²) in [6.45, 7) is -1.98. The number of ether oxygens (including phenoxy) is 1. The third kappa shape index (κ3) is 3.73. The van der Waals surface area contributed by atoms with Crippen LogP contribution in [0.1, 0.15) is 47.4 Å². The quantitative estimate of drug-likeness (QED) is 0.708. The average Bonchev–Trinajstić information content (AvgIpc) is 3.22. The number of alkyl halides is 2. The maximum atomic E-state index is 12.5. The van der Waals surface area contributed by atoms with Crippen LogP contribution < -0.4 is 5.32 Å². The molecule has 0 saturated heterocycles. The molecule has 2 aromatic rings. The maximum Gasteiger partial charge on any atom is 0.333 e. The molecule has 0 bridgehead atoms. The van der Waals surface area contributed by atoms with Crippen LogP contribution >= 0.6 is 0 Å². The molecule has 2 N–H and O–H groups in total. The van der Waals surface area contributed by atoms with E-state index in [0.717, 1.165) is 12.0 Å². The van der Waals surface area contributed by atoms with E-state index in [0.29, 0.717) is 36.5 Å². The van der Waals surface area contributed by atoms with Crippen LogP contribution in [0, 0.1) is 0 Å². The maximum absolute atomic E-state index is 12.5. The summed E-state index contributed by atoms with van der Waals surface area (Å²) in [4.78, 5) is 12.1. The smallest absolute Gasteiger partial charge is 0.333 e. The highest BCUT2D eigenvalue weighted by Gasteiger charge is 2.35. The Balaban J connectivity index is 1.57. The van der Waals surface area contributed by atoms with Crippen molar-refractivity contribution in [3.05, 3.63) is 29.6 Å². The van der Waals surface area contributed by atoms with Crippen LogP contribution in [0.25, 0.3) is 0 Å². The minimum absolute atomic E-state index is 0.0421. The monoisotopic (exact) mass is 370 g/mol. The highest BCUT2D eigenvalue weighted by Crippen LogP contribution is 2.36. The largest absolute Gasteiger partial charge is 0.388 e. The molecule has 0 spiro atoms. The molecule has 2 heterocycles.